The van der Waals surface area contributed by atoms with Crippen LogP contribution in [0.15, 0.2) is 6.20 Å². The summed E-state index contributed by atoms with van der Waals surface area (Å²) in [6, 6.07) is 0. The van der Waals surface area contributed by atoms with Crippen LogP contribution in [0.25, 0.3) is 0 Å². The third-order valence-corrected chi connectivity index (χ3v) is 2.65. The van der Waals surface area contributed by atoms with Crippen molar-refractivity contribution in [2.75, 3.05) is 0 Å². The van der Waals surface area contributed by atoms with Crippen molar-refractivity contribution in [2.24, 2.45) is 12.8 Å². The maximum atomic E-state index is 11.8. The molecule has 1 aromatic rings. The number of hydrogen-bond donors (Lipinski definition) is 1. The van der Waals surface area contributed by atoms with Crippen molar-refractivity contribution in [1.29, 1.82) is 0 Å². The highest BCUT2D eigenvalue weighted by atomic mass is 16.1. The molecule has 5 heteroatoms. The number of carbonyl (C=O) groups is 1. The van der Waals surface area contributed by atoms with Gasteiger partial charge in [0.1, 0.15) is 5.69 Å². The molecule has 2 rings (SSSR count). The Morgan fingerprint density at radius 3 is 2.77 bits per heavy atom. The van der Waals surface area contributed by atoms with E-state index in [1.165, 1.54) is 10.9 Å². The van der Waals surface area contributed by atoms with E-state index in [0.29, 0.717) is 5.69 Å². The average molecular weight is 180 g/mol. The molecular formula is C8H12N4O. The summed E-state index contributed by atoms with van der Waals surface area (Å²) < 4.78 is 1.47. The highest BCUT2D eigenvalue weighted by molar-refractivity contribution is 6.02. The van der Waals surface area contributed by atoms with E-state index in [9.17, 15) is 4.79 Å². The predicted octanol–water partition coefficient (Wildman–Crippen LogP) is -0.121. The Kier molecular flexibility index (Phi) is 1.69. The molecular weight excluding hydrogens is 168 g/mol. The van der Waals surface area contributed by atoms with Crippen molar-refractivity contribution in [3.63, 3.8) is 0 Å². The van der Waals surface area contributed by atoms with Gasteiger partial charge in [0.25, 0.3) is 0 Å². The number of hydrogen-bond acceptors (Lipinski definition) is 4. The second-order valence-corrected chi connectivity index (χ2v) is 3.58. The Morgan fingerprint density at radius 2 is 2.38 bits per heavy atom. The quantitative estimate of drug-likeness (QED) is 0.644. The normalized spacial score (nSPS) is 19.5. The molecule has 13 heavy (non-hydrogen) atoms. The van der Waals surface area contributed by atoms with Crippen LogP contribution in [0.3, 0.4) is 0 Å². The largest absolute Gasteiger partial charge is 0.319 e. The monoisotopic (exact) mass is 180 g/mol. The summed E-state index contributed by atoms with van der Waals surface area (Å²) in [6.45, 7) is 0. The lowest BCUT2D eigenvalue weighted by Gasteiger charge is -2.35. The summed E-state index contributed by atoms with van der Waals surface area (Å²) in [4.78, 5) is 11.8. The zero-order valence-corrected chi connectivity index (χ0v) is 7.53. The van der Waals surface area contributed by atoms with E-state index >= 15 is 0 Å². The van der Waals surface area contributed by atoms with Gasteiger partial charge in [0.15, 0.2) is 0 Å². The van der Waals surface area contributed by atoms with Gasteiger partial charge in [-0.2, -0.15) is 0 Å². The van der Waals surface area contributed by atoms with Gasteiger partial charge < -0.3 is 5.73 Å². The molecule has 1 aromatic heterocycles. The summed E-state index contributed by atoms with van der Waals surface area (Å²) in [5.41, 5.74) is 5.75. The summed E-state index contributed by atoms with van der Waals surface area (Å²) in [7, 11) is 1.70. The smallest absolute Gasteiger partial charge is 0.202 e. The number of Topliss-reactive ketones (excluding diaryl/α,β-unsaturated/α-hetero) is 1. The van der Waals surface area contributed by atoms with Crippen LogP contribution in [0, 0.1) is 0 Å². The maximum absolute atomic E-state index is 11.8. The molecule has 70 valence electrons. The second-order valence-electron chi connectivity index (χ2n) is 3.58. The van der Waals surface area contributed by atoms with Crippen molar-refractivity contribution in [1.82, 2.24) is 15.0 Å². The molecule has 1 saturated carbocycles. The Bertz CT molecular complexity index is 340. The lowest BCUT2D eigenvalue weighted by molar-refractivity contribution is 0.0790. The van der Waals surface area contributed by atoms with Gasteiger partial charge in [0.2, 0.25) is 5.78 Å². The zero-order valence-electron chi connectivity index (χ0n) is 7.53. The van der Waals surface area contributed by atoms with Gasteiger partial charge in [-0.1, -0.05) is 5.21 Å². The summed E-state index contributed by atoms with van der Waals surface area (Å²) in [6.07, 6.45) is 4.05. The van der Waals surface area contributed by atoms with E-state index in [1.807, 2.05) is 0 Å². The first-order valence-electron chi connectivity index (χ1n) is 4.32. The van der Waals surface area contributed by atoms with Gasteiger partial charge in [-0.3, -0.25) is 4.79 Å². The van der Waals surface area contributed by atoms with E-state index in [2.05, 4.69) is 10.3 Å². The molecule has 2 N–H and O–H groups in total. The number of ketones is 1. The Hall–Kier alpha value is -1.23. The van der Waals surface area contributed by atoms with Crippen molar-refractivity contribution in [3.8, 4) is 0 Å². The minimum absolute atomic E-state index is 0.0359. The number of carbonyl (C=O) groups excluding carboxylic acids is 1. The van der Waals surface area contributed by atoms with Crippen LogP contribution in [0.5, 0.6) is 0 Å². The third-order valence-electron chi connectivity index (χ3n) is 2.65. The number of aromatic nitrogens is 3. The average Bonchev–Trinajstić information content (AvgIpc) is 2.46. The van der Waals surface area contributed by atoms with E-state index in [1.54, 1.807) is 7.05 Å². The van der Waals surface area contributed by atoms with Crippen molar-refractivity contribution >= 4 is 5.78 Å². The van der Waals surface area contributed by atoms with Crippen LogP contribution in [-0.2, 0) is 7.05 Å². The van der Waals surface area contributed by atoms with Gasteiger partial charge in [0, 0.05) is 7.05 Å². The molecule has 0 aromatic carbocycles. The number of rotatable bonds is 2. The Labute approximate surface area is 75.9 Å². The molecule has 0 spiro atoms. The Balaban J connectivity index is 2.27. The summed E-state index contributed by atoms with van der Waals surface area (Å²) >= 11 is 0. The molecule has 0 bridgehead atoms. The fourth-order valence-corrected chi connectivity index (χ4v) is 1.54. The predicted molar refractivity (Wildman–Crippen MR) is 46.1 cm³/mol. The number of nitrogens with zero attached hydrogens (tertiary/aromatic N) is 3. The lowest BCUT2D eigenvalue weighted by Crippen LogP contribution is -2.54. The van der Waals surface area contributed by atoms with Gasteiger partial charge in [-0.25, -0.2) is 4.68 Å². The highest BCUT2D eigenvalue weighted by Crippen LogP contribution is 2.31. The van der Waals surface area contributed by atoms with Gasteiger partial charge in [0.05, 0.1) is 11.7 Å². The second kappa shape index (κ2) is 2.63. The molecule has 0 saturated heterocycles. The molecule has 0 aliphatic heterocycles. The number of aryl methyl sites for hydroxylation is 1. The molecule has 0 radical (unpaired) electrons. The molecule has 1 aliphatic carbocycles. The molecule has 1 heterocycles. The first-order chi connectivity index (χ1) is 6.13. The first kappa shape index (κ1) is 8.37. The van der Waals surface area contributed by atoms with Gasteiger partial charge in [-0.05, 0) is 19.3 Å². The van der Waals surface area contributed by atoms with E-state index < -0.39 is 5.54 Å². The SMILES string of the molecule is Cn1nncc1C(=O)C1(N)CCC1. The standard InChI is InChI=1S/C8H12N4O/c1-12-6(5-10-11-12)7(13)8(9)3-2-4-8/h5H,2-4,9H2,1H3. The van der Waals surface area contributed by atoms with Crippen molar-refractivity contribution in [3.05, 3.63) is 11.9 Å². The third kappa shape index (κ3) is 1.16. The molecule has 1 aliphatic rings. The van der Waals surface area contributed by atoms with E-state index in [0.717, 1.165) is 19.3 Å². The minimum atomic E-state index is -0.643. The van der Waals surface area contributed by atoms with E-state index in [4.69, 9.17) is 5.73 Å². The Morgan fingerprint density at radius 1 is 1.69 bits per heavy atom. The van der Waals surface area contributed by atoms with Gasteiger partial charge >= 0.3 is 0 Å². The van der Waals surface area contributed by atoms with Crippen LogP contribution in [0.2, 0.25) is 0 Å². The van der Waals surface area contributed by atoms with Gasteiger partial charge in [-0.15, -0.1) is 5.10 Å². The first-order valence-corrected chi connectivity index (χ1v) is 4.32. The van der Waals surface area contributed by atoms with Crippen LogP contribution in [0.1, 0.15) is 29.8 Å². The lowest BCUT2D eigenvalue weighted by atomic mass is 9.74. The van der Waals surface area contributed by atoms with Crippen LogP contribution in [0.4, 0.5) is 0 Å². The van der Waals surface area contributed by atoms with Crippen LogP contribution < -0.4 is 5.73 Å². The molecule has 0 atom stereocenters. The van der Waals surface area contributed by atoms with Crippen LogP contribution in [-0.4, -0.2) is 26.3 Å². The molecule has 0 unspecified atom stereocenters. The highest BCUT2D eigenvalue weighted by Gasteiger charge is 2.41. The maximum Gasteiger partial charge on any atom is 0.202 e. The molecule has 5 nitrogen and oxygen atoms in total. The molecule has 0 amide bonds. The summed E-state index contributed by atoms with van der Waals surface area (Å²) in [5, 5.41) is 7.35. The van der Waals surface area contributed by atoms with Crippen molar-refractivity contribution < 1.29 is 4.79 Å². The zero-order chi connectivity index (χ0) is 9.47. The molecule has 1 fully saturated rings. The minimum Gasteiger partial charge on any atom is -0.319 e. The fraction of sp³-hybridized carbons (Fsp3) is 0.625. The fourth-order valence-electron chi connectivity index (χ4n) is 1.54. The summed E-state index contributed by atoms with van der Waals surface area (Å²) in [5.74, 6) is -0.0359. The topological polar surface area (TPSA) is 73.8 Å². The number of nitrogens with two attached hydrogens (primary N) is 1. The van der Waals surface area contributed by atoms with Crippen molar-refractivity contribution in [2.45, 2.75) is 24.8 Å². The van der Waals surface area contributed by atoms with Crippen LogP contribution >= 0.6 is 0 Å². The van der Waals surface area contributed by atoms with E-state index in [-0.39, 0.29) is 5.78 Å².